The Labute approximate surface area is 57.4 Å². The van der Waals surface area contributed by atoms with Crippen LogP contribution >= 0.6 is 9.03 Å². The third-order valence-electron chi connectivity index (χ3n) is 0.551. The van der Waals surface area contributed by atoms with Gasteiger partial charge in [-0.15, -0.1) is 0 Å². The van der Waals surface area contributed by atoms with Crippen LogP contribution in [0, 0.1) is 0 Å². The SMILES string of the molecule is CC.CC(N=P)C(=O)O. The van der Waals surface area contributed by atoms with Gasteiger partial charge in [0, 0.05) is 0 Å². The van der Waals surface area contributed by atoms with Gasteiger partial charge in [-0.3, -0.25) is 4.74 Å². The van der Waals surface area contributed by atoms with Gasteiger partial charge in [0.15, 0.2) is 0 Å². The number of carboxylic acids is 1. The summed E-state index contributed by atoms with van der Waals surface area (Å²) in [7, 11) is 2.70. The van der Waals surface area contributed by atoms with Crippen molar-refractivity contribution in [3.63, 3.8) is 0 Å². The largest absolute Gasteiger partial charge is 0.480 e. The van der Waals surface area contributed by atoms with Gasteiger partial charge in [0.25, 0.3) is 0 Å². The minimum absolute atomic E-state index is 0.642. The van der Waals surface area contributed by atoms with Crippen LogP contribution in [-0.2, 0) is 4.79 Å². The minimum atomic E-state index is -0.921. The highest BCUT2D eigenvalue weighted by Crippen LogP contribution is 1.89. The molecule has 0 spiro atoms. The Balaban J connectivity index is 0. The fourth-order valence-corrected chi connectivity index (χ4v) is 0.166. The molecule has 0 saturated carbocycles. The number of rotatable bonds is 2. The summed E-state index contributed by atoms with van der Waals surface area (Å²) in [6.07, 6.45) is 0. The zero-order chi connectivity index (χ0) is 7.86. The van der Waals surface area contributed by atoms with Crippen molar-refractivity contribution in [1.82, 2.24) is 0 Å². The van der Waals surface area contributed by atoms with E-state index in [2.05, 4.69) is 13.8 Å². The minimum Gasteiger partial charge on any atom is -0.480 e. The van der Waals surface area contributed by atoms with Gasteiger partial charge in [0.1, 0.15) is 6.04 Å². The Morgan fingerprint density at radius 3 is 2.00 bits per heavy atom. The van der Waals surface area contributed by atoms with Gasteiger partial charge in [-0.25, -0.2) is 4.79 Å². The molecule has 0 fully saturated rings. The third kappa shape index (κ3) is 7.57. The van der Waals surface area contributed by atoms with Crippen molar-refractivity contribution in [1.29, 1.82) is 0 Å². The highest BCUT2D eigenvalue weighted by atomic mass is 31.0. The number of aliphatic carboxylic acids is 1. The second-order valence-corrected chi connectivity index (χ2v) is 1.40. The summed E-state index contributed by atoms with van der Waals surface area (Å²) in [5.41, 5.74) is 0. The van der Waals surface area contributed by atoms with Crippen LogP contribution in [0.15, 0.2) is 4.74 Å². The Kier molecular flexibility index (Phi) is 9.57. The Morgan fingerprint density at radius 1 is 1.67 bits per heavy atom. The van der Waals surface area contributed by atoms with Gasteiger partial charge in [-0.2, -0.15) is 0 Å². The zero-order valence-electron chi connectivity index (χ0n) is 5.88. The fraction of sp³-hybridized carbons (Fsp3) is 0.800. The molecule has 0 aromatic carbocycles. The number of nitrogens with zero attached hydrogens (tertiary/aromatic N) is 1. The first-order valence-corrected chi connectivity index (χ1v) is 3.22. The monoisotopic (exact) mass is 149 g/mol. The van der Waals surface area contributed by atoms with E-state index >= 15 is 0 Å². The predicted molar refractivity (Wildman–Crippen MR) is 39.2 cm³/mol. The third-order valence-corrected chi connectivity index (χ3v) is 0.938. The number of carbonyl (C=O) groups is 1. The molecule has 0 aliphatic rings. The van der Waals surface area contributed by atoms with Crippen molar-refractivity contribution in [2.75, 3.05) is 0 Å². The molecule has 9 heavy (non-hydrogen) atoms. The summed E-state index contributed by atoms with van der Waals surface area (Å²) in [6, 6.07) is -0.642. The summed E-state index contributed by atoms with van der Waals surface area (Å²) >= 11 is 0. The zero-order valence-corrected chi connectivity index (χ0v) is 6.88. The van der Waals surface area contributed by atoms with Crippen molar-refractivity contribution >= 4 is 15.0 Å². The second kappa shape index (κ2) is 7.57. The summed E-state index contributed by atoms with van der Waals surface area (Å²) < 4.78 is 3.29. The van der Waals surface area contributed by atoms with Crippen LogP contribution in [0.3, 0.4) is 0 Å². The van der Waals surface area contributed by atoms with E-state index < -0.39 is 12.0 Å². The molecule has 4 heteroatoms. The van der Waals surface area contributed by atoms with E-state index in [1.54, 1.807) is 0 Å². The number of hydrogen-bond acceptors (Lipinski definition) is 2. The number of hydrogen-bond donors (Lipinski definition) is 1. The van der Waals surface area contributed by atoms with Crippen LogP contribution in [0.4, 0.5) is 0 Å². The topological polar surface area (TPSA) is 49.7 Å². The first kappa shape index (κ1) is 11.4. The molecule has 0 amide bonds. The molecule has 1 N–H and O–H groups in total. The average molecular weight is 149 g/mol. The van der Waals surface area contributed by atoms with Crippen LogP contribution in [0.1, 0.15) is 20.8 Å². The van der Waals surface area contributed by atoms with E-state index in [1.807, 2.05) is 13.8 Å². The van der Waals surface area contributed by atoms with Crippen molar-refractivity contribution in [2.24, 2.45) is 4.74 Å². The van der Waals surface area contributed by atoms with E-state index in [0.29, 0.717) is 0 Å². The molecule has 0 heterocycles. The van der Waals surface area contributed by atoms with Crippen LogP contribution in [0.25, 0.3) is 0 Å². The normalized spacial score (nSPS) is 10.6. The summed E-state index contributed by atoms with van der Waals surface area (Å²) in [4.78, 5) is 9.81. The van der Waals surface area contributed by atoms with Crippen LogP contribution in [0.2, 0.25) is 0 Å². The van der Waals surface area contributed by atoms with E-state index in [1.165, 1.54) is 6.92 Å². The first-order valence-electron chi connectivity index (χ1n) is 2.78. The van der Waals surface area contributed by atoms with Crippen molar-refractivity contribution in [3.8, 4) is 0 Å². The van der Waals surface area contributed by atoms with Gasteiger partial charge < -0.3 is 5.11 Å². The second-order valence-electron chi connectivity index (χ2n) is 1.14. The van der Waals surface area contributed by atoms with E-state index in [9.17, 15) is 4.79 Å². The van der Waals surface area contributed by atoms with Crippen LogP contribution < -0.4 is 0 Å². The van der Waals surface area contributed by atoms with E-state index in [-0.39, 0.29) is 0 Å². The summed E-state index contributed by atoms with van der Waals surface area (Å²) in [5, 5.41) is 8.06. The van der Waals surface area contributed by atoms with Crippen molar-refractivity contribution in [2.45, 2.75) is 26.8 Å². The van der Waals surface area contributed by atoms with Gasteiger partial charge in [-0.05, 0) is 16.0 Å². The van der Waals surface area contributed by atoms with Gasteiger partial charge in [0.2, 0.25) is 0 Å². The van der Waals surface area contributed by atoms with Crippen LogP contribution in [0.5, 0.6) is 0 Å². The molecule has 0 radical (unpaired) electrons. The number of carboxylic acid groups (broad SMARTS) is 1. The first-order chi connectivity index (χ1) is 4.18. The average Bonchev–Trinajstić information content (AvgIpc) is 1.91. The van der Waals surface area contributed by atoms with Gasteiger partial charge >= 0.3 is 5.97 Å². The molecule has 0 aromatic heterocycles. The molecular weight excluding hydrogens is 137 g/mol. The lowest BCUT2D eigenvalue weighted by atomic mass is 10.4. The quantitative estimate of drug-likeness (QED) is 0.608. The highest BCUT2D eigenvalue weighted by Gasteiger charge is 2.04. The maximum atomic E-state index is 9.81. The van der Waals surface area contributed by atoms with Crippen LogP contribution in [-0.4, -0.2) is 17.1 Å². The lowest BCUT2D eigenvalue weighted by Gasteiger charge is -1.91. The molecule has 0 aliphatic heterocycles. The molecule has 0 saturated heterocycles. The maximum Gasteiger partial charge on any atom is 0.328 e. The van der Waals surface area contributed by atoms with Crippen molar-refractivity contribution < 1.29 is 9.90 Å². The lowest BCUT2D eigenvalue weighted by molar-refractivity contribution is -0.137. The predicted octanol–water partition coefficient (Wildman–Crippen LogP) is 1.81. The molecule has 3 nitrogen and oxygen atoms in total. The molecular formula is C5H12NO2P. The molecule has 54 valence electrons. The Morgan fingerprint density at radius 2 is 2.00 bits per heavy atom. The van der Waals surface area contributed by atoms with Gasteiger partial charge in [0.05, 0.1) is 0 Å². The smallest absolute Gasteiger partial charge is 0.328 e. The molecule has 0 aliphatic carbocycles. The standard InChI is InChI=1S/C3H6NO2P.C2H6/c1-2(4-7)3(5)6;1-2/h2,7H,1H3,(H,5,6);1-2H3. The van der Waals surface area contributed by atoms with E-state index in [0.717, 1.165) is 0 Å². The molecule has 0 aromatic rings. The summed E-state index contributed by atoms with van der Waals surface area (Å²) in [6.45, 7) is 5.48. The van der Waals surface area contributed by atoms with Gasteiger partial charge in [-0.1, -0.05) is 13.8 Å². The molecule has 1 atom stereocenters. The Bertz CT molecular complexity index is 95.0. The molecule has 0 bridgehead atoms. The summed E-state index contributed by atoms with van der Waals surface area (Å²) in [5.74, 6) is -0.921. The maximum absolute atomic E-state index is 9.81. The fourth-order valence-electron chi connectivity index (χ4n) is 0.0552. The lowest BCUT2D eigenvalue weighted by Crippen LogP contribution is -2.10. The molecule has 0 rings (SSSR count). The Hall–Kier alpha value is -0.430. The van der Waals surface area contributed by atoms with Crippen molar-refractivity contribution in [3.05, 3.63) is 0 Å². The molecule has 1 unspecified atom stereocenters. The van der Waals surface area contributed by atoms with E-state index in [4.69, 9.17) is 5.11 Å². The highest BCUT2D eigenvalue weighted by molar-refractivity contribution is 7.04.